The Morgan fingerprint density at radius 2 is 1.80 bits per heavy atom. The first-order valence-corrected chi connectivity index (χ1v) is 6.26. The average molecular weight is 213 g/mol. The summed E-state index contributed by atoms with van der Waals surface area (Å²) in [6, 6.07) is 0. The van der Waals surface area contributed by atoms with Crippen molar-refractivity contribution in [1.29, 1.82) is 0 Å². The zero-order valence-electron chi connectivity index (χ0n) is 11.0. The van der Waals surface area contributed by atoms with Crippen molar-refractivity contribution in [3.8, 4) is 0 Å². The summed E-state index contributed by atoms with van der Waals surface area (Å²) in [4.78, 5) is 2.42. The zero-order valence-corrected chi connectivity index (χ0v) is 11.0. The van der Waals surface area contributed by atoms with Gasteiger partial charge in [-0.3, -0.25) is 0 Å². The molecular weight excluding hydrogens is 186 g/mol. The predicted octanol–water partition coefficient (Wildman–Crippen LogP) is 2.78. The van der Waals surface area contributed by atoms with Crippen molar-refractivity contribution in [2.24, 2.45) is 11.3 Å². The summed E-state index contributed by atoms with van der Waals surface area (Å²) in [5.74, 6) is 0.799. The lowest BCUT2D eigenvalue weighted by Gasteiger charge is -2.52. The van der Waals surface area contributed by atoms with E-state index in [2.05, 4.69) is 39.6 Å². The Balaban J connectivity index is 2.22. The Labute approximate surface area is 95.0 Å². The molecule has 0 bridgehead atoms. The average Bonchev–Trinajstić information content (AvgIpc) is 2.07. The molecule has 90 valence electrons. The molecule has 0 unspecified atom stereocenters. The lowest BCUT2D eigenvalue weighted by molar-refractivity contribution is -0.0348. The summed E-state index contributed by atoms with van der Waals surface area (Å²) in [6.45, 7) is 12.4. The second-order valence-electron chi connectivity index (χ2n) is 5.71. The van der Waals surface area contributed by atoms with Crippen LogP contribution in [0.15, 0.2) is 0 Å². The van der Waals surface area contributed by atoms with E-state index < -0.39 is 0 Å². The SMILES string of the molecule is CC(C)OCCCC1(C(C)C)CN(C)C1. The van der Waals surface area contributed by atoms with Crippen LogP contribution in [0, 0.1) is 11.3 Å². The second kappa shape index (κ2) is 5.31. The summed E-state index contributed by atoms with van der Waals surface area (Å²) >= 11 is 0. The van der Waals surface area contributed by atoms with Crippen LogP contribution in [0.5, 0.6) is 0 Å². The van der Waals surface area contributed by atoms with Gasteiger partial charge in [0.15, 0.2) is 0 Å². The van der Waals surface area contributed by atoms with Gasteiger partial charge in [0.05, 0.1) is 6.10 Å². The molecule has 0 N–H and O–H groups in total. The van der Waals surface area contributed by atoms with Crippen molar-refractivity contribution in [2.45, 2.75) is 46.6 Å². The summed E-state index contributed by atoms with van der Waals surface area (Å²) in [5, 5.41) is 0. The monoisotopic (exact) mass is 213 g/mol. The normalized spacial score (nSPS) is 21.0. The van der Waals surface area contributed by atoms with Crippen LogP contribution in [0.2, 0.25) is 0 Å². The molecule has 0 aromatic rings. The first-order chi connectivity index (χ1) is 6.96. The lowest BCUT2D eigenvalue weighted by atomic mass is 9.68. The Hall–Kier alpha value is -0.0800. The molecule has 1 aliphatic rings. The molecular formula is C13H27NO. The molecule has 0 aromatic carbocycles. The summed E-state index contributed by atoms with van der Waals surface area (Å²) in [5.41, 5.74) is 0.578. The topological polar surface area (TPSA) is 12.5 Å². The Bertz CT molecular complexity index is 183. The highest BCUT2D eigenvalue weighted by atomic mass is 16.5. The van der Waals surface area contributed by atoms with Gasteiger partial charge in [0, 0.05) is 19.7 Å². The molecule has 2 nitrogen and oxygen atoms in total. The third-order valence-corrected chi connectivity index (χ3v) is 3.66. The molecule has 0 aromatic heterocycles. The minimum atomic E-state index is 0.379. The standard InChI is InChI=1S/C13H27NO/c1-11(2)13(9-14(5)10-13)7-6-8-15-12(3)4/h11-12H,6-10H2,1-5H3. The molecule has 2 heteroatoms. The maximum absolute atomic E-state index is 5.60. The van der Waals surface area contributed by atoms with Crippen molar-refractivity contribution < 1.29 is 4.74 Å². The van der Waals surface area contributed by atoms with E-state index in [0.717, 1.165) is 12.5 Å². The van der Waals surface area contributed by atoms with Gasteiger partial charge >= 0.3 is 0 Å². The number of nitrogens with zero attached hydrogens (tertiary/aromatic N) is 1. The van der Waals surface area contributed by atoms with Crippen LogP contribution in [0.1, 0.15) is 40.5 Å². The number of hydrogen-bond acceptors (Lipinski definition) is 2. The third kappa shape index (κ3) is 3.46. The molecule has 0 aliphatic carbocycles. The highest BCUT2D eigenvalue weighted by Gasteiger charge is 2.42. The first kappa shape index (κ1) is 13.0. The second-order valence-corrected chi connectivity index (χ2v) is 5.71. The highest BCUT2D eigenvalue weighted by Crippen LogP contribution is 2.40. The quantitative estimate of drug-likeness (QED) is 0.629. The van der Waals surface area contributed by atoms with Gasteiger partial charge in [-0.1, -0.05) is 13.8 Å². The molecule has 1 heterocycles. The summed E-state index contributed by atoms with van der Waals surface area (Å²) < 4.78 is 5.60. The molecule has 0 amide bonds. The molecule has 0 saturated carbocycles. The van der Waals surface area contributed by atoms with Gasteiger partial charge in [-0.25, -0.2) is 0 Å². The molecule has 15 heavy (non-hydrogen) atoms. The van der Waals surface area contributed by atoms with E-state index in [1.165, 1.54) is 25.9 Å². The van der Waals surface area contributed by atoms with Crippen LogP contribution in [-0.2, 0) is 4.74 Å². The van der Waals surface area contributed by atoms with Gasteiger partial charge in [0.1, 0.15) is 0 Å². The highest BCUT2D eigenvalue weighted by molar-refractivity contribution is 4.95. The molecule has 0 atom stereocenters. The number of likely N-dealkylation sites (tertiary alicyclic amines) is 1. The van der Waals surface area contributed by atoms with E-state index in [1.54, 1.807) is 0 Å². The van der Waals surface area contributed by atoms with Gasteiger partial charge in [0.2, 0.25) is 0 Å². The minimum Gasteiger partial charge on any atom is -0.379 e. The maximum Gasteiger partial charge on any atom is 0.0518 e. The minimum absolute atomic E-state index is 0.379. The zero-order chi connectivity index (χ0) is 11.5. The van der Waals surface area contributed by atoms with E-state index in [9.17, 15) is 0 Å². The van der Waals surface area contributed by atoms with Gasteiger partial charge < -0.3 is 9.64 Å². The molecule has 1 aliphatic heterocycles. The van der Waals surface area contributed by atoms with Crippen LogP contribution in [0.4, 0.5) is 0 Å². The van der Waals surface area contributed by atoms with Crippen LogP contribution in [0.3, 0.4) is 0 Å². The van der Waals surface area contributed by atoms with Gasteiger partial charge in [-0.2, -0.15) is 0 Å². The predicted molar refractivity (Wildman–Crippen MR) is 65.1 cm³/mol. The van der Waals surface area contributed by atoms with E-state index >= 15 is 0 Å². The van der Waals surface area contributed by atoms with Gasteiger partial charge in [0.25, 0.3) is 0 Å². The molecule has 1 rings (SSSR count). The largest absolute Gasteiger partial charge is 0.379 e. The molecule has 0 radical (unpaired) electrons. The molecule has 1 fully saturated rings. The first-order valence-electron chi connectivity index (χ1n) is 6.26. The van der Waals surface area contributed by atoms with Crippen molar-refractivity contribution in [1.82, 2.24) is 4.90 Å². The van der Waals surface area contributed by atoms with Crippen LogP contribution in [0.25, 0.3) is 0 Å². The number of rotatable bonds is 6. The fraction of sp³-hybridized carbons (Fsp3) is 1.00. The van der Waals surface area contributed by atoms with E-state index in [4.69, 9.17) is 4.74 Å². The Kier molecular flexibility index (Phi) is 4.60. The molecule has 0 spiro atoms. The maximum atomic E-state index is 5.60. The van der Waals surface area contributed by atoms with E-state index in [-0.39, 0.29) is 0 Å². The van der Waals surface area contributed by atoms with Crippen LogP contribution in [-0.4, -0.2) is 37.7 Å². The van der Waals surface area contributed by atoms with Crippen molar-refractivity contribution >= 4 is 0 Å². The van der Waals surface area contributed by atoms with Crippen molar-refractivity contribution in [2.75, 3.05) is 26.7 Å². The van der Waals surface area contributed by atoms with Gasteiger partial charge in [-0.15, -0.1) is 0 Å². The van der Waals surface area contributed by atoms with Crippen molar-refractivity contribution in [3.63, 3.8) is 0 Å². The fourth-order valence-corrected chi connectivity index (χ4v) is 2.58. The molecule has 1 saturated heterocycles. The number of hydrogen-bond donors (Lipinski definition) is 0. The van der Waals surface area contributed by atoms with E-state index in [0.29, 0.717) is 11.5 Å². The van der Waals surface area contributed by atoms with Crippen LogP contribution < -0.4 is 0 Å². The third-order valence-electron chi connectivity index (χ3n) is 3.66. The van der Waals surface area contributed by atoms with Crippen LogP contribution >= 0.6 is 0 Å². The summed E-state index contributed by atoms with van der Waals surface area (Å²) in [7, 11) is 2.21. The van der Waals surface area contributed by atoms with Gasteiger partial charge in [-0.05, 0) is 45.1 Å². The van der Waals surface area contributed by atoms with Crippen molar-refractivity contribution in [3.05, 3.63) is 0 Å². The Morgan fingerprint density at radius 1 is 1.20 bits per heavy atom. The van der Waals surface area contributed by atoms with E-state index in [1.807, 2.05) is 0 Å². The summed E-state index contributed by atoms with van der Waals surface area (Å²) in [6.07, 6.45) is 2.91. The fourth-order valence-electron chi connectivity index (χ4n) is 2.58. The smallest absolute Gasteiger partial charge is 0.0518 e. The lowest BCUT2D eigenvalue weighted by Crippen LogP contribution is -2.57. The Morgan fingerprint density at radius 3 is 2.20 bits per heavy atom. The number of ether oxygens (including phenoxy) is 1.